The number of nitrogen functional groups attached to an aromatic ring is 1. The molecule has 0 spiro atoms. The van der Waals surface area contributed by atoms with Crippen molar-refractivity contribution in [2.75, 3.05) is 12.3 Å². The van der Waals surface area contributed by atoms with Gasteiger partial charge >= 0.3 is 0 Å². The summed E-state index contributed by atoms with van der Waals surface area (Å²) in [6.07, 6.45) is 3.39. The van der Waals surface area contributed by atoms with Crippen LogP contribution in [0.5, 0.6) is 5.75 Å². The summed E-state index contributed by atoms with van der Waals surface area (Å²) in [5.41, 5.74) is 6.70. The minimum absolute atomic E-state index is 0.0993. The standard InChI is InChI=1S/C19H18ClF2N5O/c1-2-28-11-7-13(21)12(14(22)8-11)9-27-18(10-3-4-10)16(20)17(26-27)19-24-6-5-15(23)25-19/h5-8,10H,2-4,9H2,1H3,(H2,23,24,25). The second kappa shape index (κ2) is 7.35. The Morgan fingerprint density at radius 2 is 2.00 bits per heavy atom. The van der Waals surface area contributed by atoms with Gasteiger partial charge < -0.3 is 10.5 Å². The number of anilines is 1. The third kappa shape index (κ3) is 3.52. The van der Waals surface area contributed by atoms with Gasteiger partial charge in [-0.3, -0.25) is 4.68 Å². The van der Waals surface area contributed by atoms with Gasteiger partial charge in [0.15, 0.2) is 5.82 Å². The van der Waals surface area contributed by atoms with E-state index in [0.717, 1.165) is 18.5 Å². The van der Waals surface area contributed by atoms with Crippen molar-refractivity contribution < 1.29 is 13.5 Å². The predicted octanol–water partition coefficient (Wildman–Crippen LogP) is 4.18. The van der Waals surface area contributed by atoms with Gasteiger partial charge in [0.25, 0.3) is 0 Å². The van der Waals surface area contributed by atoms with Crippen LogP contribution >= 0.6 is 11.6 Å². The molecule has 9 heteroatoms. The number of nitrogens with zero attached hydrogens (tertiary/aromatic N) is 4. The van der Waals surface area contributed by atoms with Crippen LogP contribution in [0.4, 0.5) is 14.6 Å². The quantitative estimate of drug-likeness (QED) is 0.665. The largest absolute Gasteiger partial charge is 0.494 e. The Balaban J connectivity index is 1.75. The number of hydrogen-bond donors (Lipinski definition) is 1. The van der Waals surface area contributed by atoms with Crippen molar-refractivity contribution in [3.63, 3.8) is 0 Å². The van der Waals surface area contributed by atoms with Crippen LogP contribution in [0.1, 0.15) is 36.9 Å². The fourth-order valence-electron chi connectivity index (χ4n) is 3.08. The molecule has 2 aromatic heterocycles. The van der Waals surface area contributed by atoms with Gasteiger partial charge in [-0.1, -0.05) is 11.6 Å². The molecule has 0 unspecified atom stereocenters. The smallest absolute Gasteiger partial charge is 0.183 e. The molecule has 0 amide bonds. The molecule has 2 N–H and O–H groups in total. The van der Waals surface area contributed by atoms with Gasteiger partial charge in [0.1, 0.15) is 28.9 Å². The third-order valence-corrected chi connectivity index (χ3v) is 4.89. The molecule has 1 aromatic carbocycles. The summed E-state index contributed by atoms with van der Waals surface area (Å²) in [5, 5.41) is 4.85. The minimum Gasteiger partial charge on any atom is -0.494 e. The Morgan fingerprint density at radius 3 is 2.61 bits per heavy atom. The summed E-state index contributed by atoms with van der Waals surface area (Å²) >= 11 is 6.55. The molecule has 2 heterocycles. The fourth-order valence-corrected chi connectivity index (χ4v) is 3.45. The molecule has 146 valence electrons. The van der Waals surface area contributed by atoms with E-state index in [-0.39, 0.29) is 35.4 Å². The first-order chi connectivity index (χ1) is 13.5. The van der Waals surface area contributed by atoms with E-state index in [1.54, 1.807) is 13.0 Å². The van der Waals surface area contributed by atoms with Gasteiger partial charge in [-0.25, -0.2) is 18.7 Å². The van der Waals surface area contributed by atoms with Gasteiger partial charge in [0, 0.05) is 29.8 Å². The highest BCUT2D eigenvalue weighted by atomic mass is 35.5. The summed E-state index contributed by atoms with van der Waals surface area (Å²) < 4.78 is 35.7. The first-order valence-electron chi connectivity index (χ1n) is 8.93. The molecule has 1 fully saturated rings. The normalized spacial score (nSPS) is 13.7. The van der Waals surface area contributed by atoms with E-state index in [4.69, 9.17) is 22.1 Å². The molecule has 0 atom stereocenters. The van der Waals surface area contributed by atoms with Gasteiger partial charge in [0.05, 0.1) is 23.9 Å². The number of aromatic nitrogens is 4. The maximum atomic E-state index is 14.5. The average molecular weight is 406 g/mol. The van der Waals surface area contributed by atoms with Crippen molar-refractivity contribution in [3.8, 4) is 17.3 Å². The first-order valence-corrected chi connectivity index (χ1v) is 9.31. The van der Waals surface area contributed by atoms with E-state index in [2.05, 4.69) is 15.1 Å². The molecule has 0 bridgehead atoms. The van der Waals surface area contributed by atoms with E-state index in [1.165, 1.54) is 23.0 Å². The molecule has 4 rings (SSSR count). The summed E-state index contributed by atoms with van der Waals surface area (Å²) in [6, 6.07) is 3.90. The van der Waals surface area contributed by atoms with E-state index in [1.807, 2.05) is 0 Å². The molecular weight excluding hydrogens is 388 g/mol. The lowest BCUT2D eigenvalue weighted by atomic mass is 10.1. The van der Waals surface area contributed by atoms with Crippen LogP contribution in [0.25, 0.3) is 11.5 Å². The maximum Gasteiger partial charge on any atom is 0.183 e. The number of rotatable bonds is 6. The first kappa shape index (κ1) is 18.6. The molecule has 6 nitrogen and oxygen atoms in total. The van der Waals surface area contributed by atoms with Gasteiger partial charge in [0.2, 0.25) is 0 Å². The Kier molecular flexibility index (Phi) is 4.89. The number of halogens is 3. The lowest BCUT2D eigenvalue weighted by molar-refractivity contribution is 0.335. The van der Waals surface area contributed by atoms with E-state index in [0.29, 0.717) is 17.3 Å². The van der Waals surface area contributed by atoms with Gasteiger partial charge in [-0.2, -0.15) is 5.10 Å². The molecule has 1 saturated carbocycles. The van der Waals surface area contributed by atoms with Crippen LogP contribution in [0, 0.1) is 11.6 Å². The minimum atomic E-state index is -0.696. The second-order valence-electron chi connectivity index (χ2n) is 6.58. The van der Waals surface area contributed by atoms with Crippen molar-refractivity contribution in [2.24, 2.45) is 0 Å². The highest BCUT2D eigenvalue weighted by Gasteiger charge is 2.33. The number of benzene rings is 1. The van der Waals surface area contributed by atoms with Crippen molar-refractivity contribution >= 4 is 17.4 Å². The van der Waals surface area contributed by atoms with Crippen LogP contribution in [-0.4, -0.2) is 26.4 Å². The Bertz CT molecular complexity index is 1010. The third-order valence-electron chi connectivity index (χ3n) is 4.52. The van der Waals surface area contributed by atoms with Crippen molar-refractivity contribution in [1.29, 1.82) is 0 Å². The monoisotopic (exact) mass is 405 g/mol. The van der Waals surface area contributed by atoms with E-state index >= 15 is 0 Å². The molecular formula is C19H18ClF2N5O. The van der Waals surface area contributed by atoms with Crippen LogP contribution in [0.15, 0.2) is 24.4 Å². The second-order valence-corrected chi connectivity index (χ2v) is 6.96. The number of ether oxygens (including phenoxy) is 1. The van der Waals surface area contributed by atoms with Crippen LogP contribution in [-0.2, 0) is 6.54 Å². The number of hydrogen-bond acceptors (Lipinski definition) is 5. The molecule has 3 aromatic rings. The number of nitrogens with two attached hydrogens (primary N) is 1. The molecule has 1 aliphatic carbocycles. The maximum absolute atomic E-state index is 14.5. The lowest BCUT2D eigenvalue weighted by Gasteiger charge is -2.11. The molecule has 0 saturated heterocycles. The Labute approximate surface area is 165 Å². The van der Waals surface area contributed by atoms with Gasteiger partial charge in [-0.15, -0.1) is 0 Å². The highest BCUT2D eigenvalue weighted by Crippen LogP contribution is 2.46. The van der Waals surface area contributed by atoms with Crippen LogP contribution < -0.4 is 10.5 Å². The summed E-state index contributed by atoms with van der Waals surface area (Å²) in [4.78, 5) is 8.32. The van der Waals surface area contributed by atoms with Crippen molar-refractivity contribution in [3.05, 3.63) is 52.3 Å². The van der Waals surface area contributed by atoms with E-state index in [9.17, 15) is 8.78 Å². The van der Waals surface area contributed by atoms with Crippen molar-refractivity contribution in [1.82, 2.24) is 19.7 Å². The molecule has 28 heavy (non-hydrogen) atoms. The topological polar surface area (TPSA) is 78.8 Å². The van der Waals surface area contributed by atoms with Crippen LogP contribution in [0.2, 0.25) is 5.02 Å². The zero-order valence-electron chi connectivity index (χ0n) is 15.1. The Hall–Kier alpha value is -2.74. The predicted molar refractivity (Wildman–Crippen MR) is 101 cm³/mol. The average Bonchev–Trinajstić information content (AvgIpc) is 3.42. The molecule has 1 aliphatic rings. The fraction of sp³-hybridized carbons (Fsp3) is 0.316. The van der Waals surface area contributed by atoms with Crippen LogP contribution in [0.3, 0.4) is 0 Å². The summed E-state index contributed by atoms with van der Waals surface area (Å²) in [6.45, 7) is 1.97. The molecule has 0 radical (unpaired) electrons. The van der Waals surface area contributed by atoms with Crippen molar-refractivity contribution in [2.45, 2.75) is 32.2 Å². The molecule has 0 aliphatic heterocycles. The lowest BCUT2D eigenvalue weighted by Crippen LogP contribution is -2.10. The Morgan fingerprint density at radius 1 is 1.29 bits per heavy atom. The summed E-state index contributed by atoms with van der Waals surface area (Å²) in [5.74, 6) is -0.484. The zero-order chi connectivity index (χ0) is 19.8. The SMILES string of the molecule is CCOc1cc(F)c(Cn2nc(-c3nccc(N)n3)c(Cl)c2C2CC2)c(F)c1. The van der Waals surface area contributed by atoms with Gasteiger partial charge in [-0.05, 0) is 25.8 Å². The summed E-state index contributed by atoms with van der Waals surface area (Å²) in [7, 11) is 0. The highest BCUT2D eigenvalue weighted by molar-refractivity contribution is 6.33. The van der Waals surface area contributed by atoms with E-state index < -0.39 is 11.6 Å². The zero-order valence-corrected chi connectivity index (χ0v) is 15.9.